The van der Waals surface area contributed by atoms with Crippen LogP contribution in [0.3, 0.4) is 0 Å². The van der Waals surface area contributed by atoms with Crippen LogP contribution in [-0.4, -0.2) is 63.9 Å². The molecule has 0 bridgehead atoms. The van der Waals surface area contributed by atoms with Crippen LogP contribution < -0.4 is 20.9 Å². The van der Waals surface area contributed by atoms with E-state index in [0.717, 1.165) is 43.0 Å². The molecule has 44 heavy (non-hydrogen) atoms. The molecule has 1 saturated carbocycles. The minimum absolute atomic E-state index is 0.129. The fourth-order valence-corrected chi connectivity index (χ4v) is 5.95. The second kappa shape index (κ2) is 13.2. The van der Waals surface area contributed by atoms with E-state index in [2.05, 4.69) is 5.09 Å². The number of H-pyrrole nitrogens is 1. The predicted molar refractivity (Wildman–Crippen MR) is 153 cm³/mol. The van der Waals surface area contributed by atoms with Crippen molar-refractivity contribution >= 4 is 19.9 Å². The molecular formula is C28H37FN3O11P. The van der Waals surface area contributed by atoms with Crippen molar-refractivity contribution in [2.24, 2.45) is 0 Å². The summed E-state index contributed by atoms with van der Waals surface area (Å²) in [5.41, 5.74) is -5.29. The highest BCUT2D eigenvalue weighted by Crippen LogP contribution is 2.48. The summed E-state index contributed by atoms with van der Waals surface area (Å²) in [5, 5.41) is 2.54. The molecule has 1 saturated heterocycles. The van der Waals surface area contributed by atoms with Gasteiger partial charge in [-0.3, -0.25) is 23.7 Å². The average molecular weight is 642 g/mol. The Kier molecular flexibility index (Phi) is 10.0. The van der Waals surface area contributed by atoms with Crippen molar-refractivity contribution in [1.82, 2.24) is 14.6 Å². The third kappa shape index (κ3) is 8.35. The molecule has 6 atom stereocenters. The molecule has 16 heteroatoms. The minimum atomic E-state index is -4.42. The molecule has 14 nitrogen and oxygen atoms in total. The molecule has 4 rings (SSSR count). The maximum absolute atomic E-state index is 16.5. The Balaban J connectivity index is 1.60. The van der Waals surface area contributed by atoms with E-state index in [4.69, 9.17) is 28.0 Å². The number of nitrogens with one attached hydrogen (secondary N) is 2. The van der Waals surface area contributed by atoms with E-state index in [9.17, 15) is 23.7 Å². The topological polar surface area (TPSA) is 173 Å². The third-order valence-corrected chi connectivity index (χ3v) is 8.46. The number of esters is 1. The minimum Gasteiger partial charge on any atom is -0.461 e. The van der Waals surface area contributed by atoms with Crippen LogP contribution in [0.1, 0.15) is 60.1 Å². The van der Waals surface area contributed by atoms with E-state index in [1.54, 1.807) is 39.0 Å². The second-order valence-electron chi connectivity index (χ2n) is 11.7. The van der Waals surface area contributed by atoms with Crippen LogP contribution >= 0.6 is 7.75 Å². The summed E-state index contributed by atoms with van der Waals surface area (Å²) in [6.45, 7) is 6.49. The van der Waals surface area contributed by atoms with E-state index in [-0.39, 0.29) is 11.9 Å². The Morgan fingerprint density at radius 3 is 2.45 bits per heavy atom. The highest BCUT2D eigenvalue weighted by molar-refractivity contribution is 7.52. The van der Waals surface area contributed by atoms with Crippen LogP contribution in [0.15, 0.2) is 52.2 Å². The van der Waals surface area contributed by atoms with Gasteiger partial charge in [0.2, 0.25) is 0 Å². The average Bonchev–Trinajstić information content (AvgIpc) is 3.13. The summed E-state index contributed by atoms with van der Waals surface area (Å²) in [6.07, 6.45) is -2.99. The van der Waals surface area contributed by atoms with Gasteiger partial charge in [0.15, 0.2) is 18.0 Å². The summed E-state index contributed by atoms with van der Waals surface area (Å²) in [4.78, 5) is 51.4. The molecule has 2 aliphatic rings. The molecule has 1 aromatic carbocycles. The van der Waals surface area contributed by atoms with Gasteiger partial charge in [-0.1, -0.05) is 18.2 Å². The molecule has 0 amide bonds. The number of hydrogen-bond donors (Lipinski definition) is 2. The number of carbonyl (C=O) groups is 2. The standard InChI is InChI=1S/C28H37FN3O11P/c1-17(23(34)39-18-12-9-13-18)31-44(37,43-19-10-7-6-8-11-19)38-16-20-22(41-26(36)42-27(2,3)4)28(5,29)24(40-20)32-15-14-21(33)30-25(32)35/h6-8,10-11,14-15,17-18,20,22,24H,9,12-13,16H2,1-5H3,(H,31,37)(H,30,33,35)/t17?,20-,22-,24-,28-,44-/m1/s1. The van der Waals surface area contributed by atoms with Crippen LogP contribution in [-0.2, 0) is 32.8 Å². The van der Waals surface area contributed by atoms with Crippen molar-refractivity contribution in [3.05, 3.63) is 63.4 Å². The van der Waals surface area contributed by atoms with Crippen LogP contribution in [0.5, 0.6) is 5.75 Å². The van der Waals surface area contributed by atoms with Crippen LogP contribution in [0.4, 0.5) is 9.18 Å². The van der Waals surface area contributed by atoms with E-state index in [1.165, 1.54) is 19.1 Å². The van der Waals surface area contributed by atoms with Gasteiger partial charge < -0.3 is 23.5 Å². The van der Waals surface area contributed by atoms with E-state index >= 15 is 4.39 Å². The zero-order valence-electron chi connectivity index (χ0n) is 25.0. The number of para-hydroxylation sites is 1. The van der Waals surface area contributed by atoms with Gasteiger partial charge in [0.05, 0.1) is 6.61 Å². The van der Waals surface area contributed by atoms with Crippen molar-refractivity contribution < 1.29 is 46.5 Å². The van der Waals surface area contributed by atoms with Crippen molar-refractivity contribution in [1.29, 1.82) is 0 Å². The molecule has 1 aliphatic carbocycles. The first kappa shape index (κ1) is 33.4. The number of ether oxygens (including phenoxy) is 4. The highest BCUT2D eigenvalue weighted by Gasteiger charge is 2.59. The lowest BCUT2D eigenvalue weighted by Crippen LogP contribution is -2.46. The first-order chi connectivity index (χ1) is 20.6. The molecule has 1 aromatic heterocycles. The Labute approximate surface area is 252 Å². The first-order valence-corrected chi connectivity index (χ1v) is 15.6. The number of rotatable bonds is 11. The Morgan fingerprint density at radius 2 is 1.86 bits per heavy atom. The number of halogens is 1. The number of alkyl halides is 1. The molecule has 1 unspecified atom stereocenters. The van der Waals surface area contributed by atoms with Crippen LogP contribution in [0.25, 0.3) is 0 Å². The van der Waals surface area contributed by atoms with Gasteiger partial charge >= 0.3 is 25.6 Å². The normalized spacial score (nSPS) is 25.7. The zero-order chi connectivity index (χ0) is 32.3. The van der Waals surface area contributed by atoms with Crippen molar-refractivity contribution in [2.45, 2.75) is 95.7 Å². The Bertz CT molecular complexity index is 1490. The third-order valence-electron chi connectivity index (χ3n) is 6.81. The number of aromatic nitrogens is 2. The van der Waals surface area contributed by atoms with Crippen molar-refractivity contribution in [3.63, 3.8) is 0 Å². The summed E-state index contributed by atoms with van der Waals surface area (Å²) >= 11 is 0. The van der Waals surface area contributed by atoms with Crippen LogP contribution in [0, 0.1) is 0 Å². The fraction of sp³-hybridized carbons (Fsp3) is 0.571. The molecule has 1 aliphatic heterocycles. The van der Waals surface area contributed by atoms with Crippen molar-refractivity contribution in [3.8, 4) is 5.75 Å². The molecule has 0 radical (unpaired) electrons. The molecule has 2 aromatic rings. The first-order valence-electron chi connectivity index (χ1n) is 14.1. The number of hydrogen-bond acceptors (Lipinski definition) is 11. The smallest absolute Gasteiger partial charge is 0.461 e. The van der Waals surface area contributed by atoms with E-state index in [0.29, 0.717) is 0 Å². The molecular weight excluding hydrogens is 604 g/mol. The predicted octanol–water partition coefficient (Wildman–Crippen LogP) is 3.76. The van der Waals surface area contributed by atoms with Crippen molar-refractivity contribution in [2.75, 3.05) is 6.61 Å². The molecule has 242 valence electrons. The SMILES string of the molecule is CC(N[P@@](=O)(OC[C@H]1O[C@@H](n2ccc(=O)[nH]c2=O)[C@](C)(F)[C@@H]1OC(=O)OC(C)(C)C)Oc1ccccc1)C(=O)OC1CCC1. The monoisotopic (exact) mass is 641 g/mol. The molecule has 0 spiro atoms. The summed E-state index contributed by atoms with van der Waals surface area (Å²) in [5.74, 6) is -0.544. The highest BCUT2D eigenvalue weighted by atomic mass is 31.2. The molecule has 2 fully saturated rings. The molecule has 2 N–H and O–H groups in total. The second-order valence-corrected chi connectivity index (χ2v) is 13.4. The van der Waals surface area contributed by atoms with E-state index < -0.39 is 73.5 Å². The summed E-state index contributed by atoms with van der Waals surface area (Å²) in [7, 11) is -4.42. The van der Waals surface area contributed by atoms with Gasteiger partial charge in [-0.15, -0.1) is 0 Å². The number of nitrogens with zero attached hydrogens (tertiary/aromatic N) is 1. The number of aromatic amines is 1. The lowest BCUT2D eigenvalue weighted by molar-refractivity contribution is -0.154. The zero-order valence-corrected chi connectivity index (χ0v) is 25.9. The number of carbonyl (C=O) groups excluding carboxylic acids is 2. The summed E-state index contributed by atoms with van der Waals surface area (Å²) in [6, 6.07) is 7.82. The fourth-order valence-electron chi connectivity index (χ4n) is 4.45. The largest absolute Gasteiger partial charge is 0.509 e. The van der Waals surface area contributed by atoms with Gasteiger partial charge in [0.25, 0.3) is 5.56 Å². The summed E-state index contributed by atoms with van der Waals surface area (Å²) < 4.78 is 64.3. The lowest BCUT2D eigenvalue weighted by Gasteiger charge is -2.29. The molecule has 2 heterocycles. The Morgan fingerprint density at radius 1 is 1.18 bits per heavy atom. The van der Waals surface area contributed by atoms with Crippen LogP contribution in [0.2, 0.25) is 0 Å². The maximum Gasteiger partial charge on any atom is 0.509 e. The maximum atomic E-state index is 16.5. The number of benzene rings is 1. The van der Waals surface area contributed by atoms with Gasteiger partial charge in [-0.25, -0.2) is 18.5 Å². The quantitative estimate of drug-likeness (QED) is 0.269. The van der Waals surface area contributed by atoms with Gasteiger partial charge in [0.1, 0.15) is 29.6 Å². The van der Waals surface area contributed by atoms with E-state index in [1.807, 2.05) is 4.98 Å². The van der Waals surface area contributed by atoms with Gasteiger partial charge in [0, 0.05) is 12.3 Å². The van der Waals surface area contributed by atoms with Gasteiger partial charge in [-0.05, 0) is 66.0 Å². The Hall–Kier alpha value is -3.52. The van der Waals surface area contributed by atoms with Gasteiger partial charge in [-0.2, -0.15) is 5.09 Å². The lowest BCUT2D eigenvalue weighted by atomic mass is 9.96.